The molecule has 0 aliphatic rings. The molecule has 0 heterocycles. The van der Waals surface area contributed by atoms with Crippen LogP contribution in [-0.4, -0.2) is 37.2 Å². The van der Waals surface area contributed by atoms with E-state index in [0.29, 0.717) is 19.3 Å². The predicted molar refractivity (Wildman–Crippen MR) is 256 cm³/mol. The number of carbonyl (C=O) groups is 3. The number of unbranched alkanes of at least 4 members (excludes halogenated alkanes) is 15. The normalized spacial score (nSPS) is 13.1. The molecule has 60 heavy (non-hydrogen) atoms. The highest BCUT2D eigenvalue weighted by Gasteiger charge is 2.19. The largest absolute Gasteiger partial charge is 0.462 e. The molecular formula is C54H86O6. The van der Waals surface area contributed by atoms with Crippen molar-refractivity contribution >= 4 is 17.9 Å². The zero-order chi connectivity index (χ0) is 43.7. The molecule has 0 N–H and O–H groups in total. The molecule has 0 rings (SSSR count). The van der Waals surface area contributed by atoms with Gasteiger partial charge in [-0.05, 0) is 83.5 Å². The first-order valence-electron chi connectivity index (χ1n) is 23.9. The summed E-state index contributed by atoms with van der Waals surface area (Å²) in [4.78, 5) is 37.8. The Morgan fingerprint density at radius 1 is 0.367 bits per heavy atom. The van der Waals surface area contributed by atoms with E-state index in [4.69, 9.17) is 14.2 Å². The van der Waals surface area contributed by atoms with Crippen molar-refractivity contribution < 1.29 is 28.6 Å². The van der Waals surface area contributed by atoms with Crippen LogP contribution in [0.25, 0.3) is 0 Å². The van der Waals surface area contributed by atoms with E-state index >= 15 is 0 Å². The zero-order valence-corrected chi connectivity index (χ0v) is 38.4. The number of hydrogen-bond donors (Lipinski definition) is 0. The van der Waals surface area contributed by atoms with E-state index in [1.54, 1.807) is 0 Å². The van der Waals surface area contributed by atoms with E-state index in [9.17, 15) is 14.4 Å². The highest BCUT2D eigenvalue weighted by atomic mass is 16.6. The number of rotatable bonds is 41. The van der Waals surface area contributed by atoms with Crippen LogP contribution in [-0.2, 0) is 28.6 Å². The number of carbonyl (C=O) groups excluding carboxylic acids is 3. The Balaban J connectivity index is 4.49. The maximum absolute atomic E-state index is 12.7. The van der Waals surface area contributed by atoms with Crippen molar-refractivity contribution in [3.8, 4) is 0 Å². The van der Waals surface area contributed by atoms with Gasteiger partial charge in [-0.2, -0.15) is 0 Å². The summed E-state index contributed by atoms with van der Waals surface area (Å²) < 4.78 is 16.7. The minimum Gasteiger partial charge on any atom is -0.462 e. The molecule has 0 saturated heterocycles. The molecule has 0 aliphatic carbocycles. The standard InChI is InChI=1S/C54H86O6/c1-4-7-10-13-16-19-22-24-25-26-27-28-29-31-32-35-38-41-44-47-53(56)59-50-51(49-58-52(55)46-43-40-37-34-21-18-15-12-9-6-3)60-54(57)48-45-42-39-36-33-30-23-20-17-14-11-8-5-2/h7-8,10-11,14,16-17,19-20,23-25,27-28,30-33,51H,4-6,9,12-13,15,18,21-22,26,29,34-50H2,1-3H3/b10-7-,11-8-,17-14-,19-16-,23-20-,25-24-,28-27-,32-31-,33-30-. The summed E-state index contributed by atoms with van der Waals surface area (Å²) in [5, 5.41) is 0. The van der Waals surface area contributed by atoms with E-state index in [-0.39, 0.29) is 37.5 Å². The molecule has 0 aromatic carbocycles. The molecule has 0 spiro atoms. The fraction of sp³-hybridized carbons (Fsp3) is 0.611. The average molecular weight is 831 g/mol. The summed E-state index contributed by atoms with van der Waals surface area (Å²) in [6.45, 7) is 6.28. The van der Waals surface area contributed by atoms with E-state index in [2.05, 4.69) is 93.7 Å². The van der Waals surface area contributed by atoms with Gasteiger partial charge >= 0.3 is 17.9 Å². The zero-order valence-electron chi connectivity index (χ0n) is 38.4. The lowest BCUT2D eigenvalue weighted by Gasteiger charge is -2.18. The molecule has 0 fully saturated rings. The van der Waals surface area contributed by atoms with Gasteiger partial charge in [0.25, 0.3) is 0 Å². The van der Waals surface area contributed by atoms with Crippen molar-refractivity contribution in [3.63, 3.8) is 0 Å². The quantitative estimate of drug-likeness (QED) is 0.0201. The Kier molecular flexibility index (Phi) is 44.6. The lowest BCUT2D eigenvalue weighted by Crippen LogP contribution is -2.30. The summed E-state index contributed by atoms with van der Waals surface area (Å²) in [6, 6.07) is 0. The molecule has 0 amide bonds. The van der Waals surface area contributed by atoms with E-state index in [1.807, 2.05) is 36.5 Å². The summed E-state index contributed by atoms with van der Waals surface area (Å²) in [5.74, 6) is -0.990. The number of hydrogen-bond acceptors (Lipinski definition) is 6. The van der Waals surface area contributed by atoms with Gasteiger partial charge in [0, 0.05) is 19.3 Å². The molecule has 0 radical (unpaired) electrons. The first-order chi connectivity index (χ1) is 29.5. The predicted octanol–water partition coefficient (Wildman–Crippen LogP) is 15.6. The third kappa shape index (κ3) is 45.2. The Morgan fingerprint density at radius 3 is 1.22 bits per heavy atom. The molecule has 0 saturated carbocycles. The van der Waals surface area contributed by atoms with E-state index < -0.39 is 6.10 Å². The Bertz CT molecular complexity index is 1280. The van der Waals surface area contributed by atoms with Crippen LogP contribution in [0.3, 0.4) is 0 Å². The van der Waals surface area contributed by atoms with Crippen molar-refractivity contribution in [2.75, 3.05) is 13.2 Å². The van der Waals surface area contributed by atoms with Crippen LogP contribution in [0.5, 0.6) is 0 Å². The average Bonchev–Trinajstić information content (AvgIpc) is 3.24. The van der Waals surface area contributed by atoms with Gasteiger partial charge < -0.3 is 14.2 Å². The van der Waals surface area contributed by atoms with Crippen LogP contribution in [0.1, 0.15) is 194 Å². The van der Waals surface area contributed by atoms with Crippen LogP contribution in [0.4, 0.5) is 0 Å². The van der Waals surface area contributed by atoms with Crippen LogP contribution in [0, 0.1) is 0 Å². The van der Waals surface area contributed by atoms with Crippen LogP contribution in [0.2, 0.25) is 0 Å². The molecule has 0 aliphatic heterocycles. The first-order valence-corrected chi connectivity index (χ1v) is 23.9. The van der Waals surface area contributed by atoms with Crippen LogP contribution in [0.15, 0.2) is 109 Å². The van der Waals surface area contributed by atoms with Crippen LogP contribution >= 0.6 is 0 Å². The van der Waals surface area contributed by atoms with Crippen molar-refractivity contribution in [2.24, 2.45) is 0 Å². The molecule has 0 aromatic rings. The fourth-order valence-corrected chi connectivity index (χ4v) is 6.07. The number of esters is 3. The Morgan fingerprint density at radius 2 is 0.733 bits per heavy atom. The summed E-state index contributed by atoms with van der Waals surface area (Å²) in [6.07, 6.45) is 63.6. The molecule has 0 aromatic heterocycles. The third-order valence-corrected chi connectivity index (χ3v) is 9.62. The second kappa shape index (κ2) is 47.7. The summed E-state index contributed by atoms with van der Waals surface area (Å²) in [5.41, 5.74) is 0. The van der Waals surface area contributed by atoms with Crippen molar-refractivity contribution in [1.82, 2.24) is 0 Å². The summed E-state index contributed by atoms with van der Waals surface area (Å²) in [7, 11) is 0. The second-order valence-electron chi connectivity index (χ2n) is 15.4. The molecule has 0 bridgehead atoms. The maximum Gasteiger partial charge on any atom is 0.306 e. The van der Waals surface area contributed by atoms with Crippen molar-refractivity contribution in [3.05, 3.63) is 109 Å². The number of ether oxygens (including phenoxy) is 3. The second-order valence-corrected chi connectivity index (χ2v) is 15.4. The van der Waals surface area contributed by atoms with E-state index in [0.717, 1.165) is 103 Å². The molecule has 1 atom stereocenters. The van der Waals surface area contributed by atoms with Gasteiger partial charge in [-0.15, -0.1) is 0 Å². The first kappa shape index (κ1) is 56.1. The molecule has 6 heteroatoms. The Labute approximate surface area is 368 Å². The fourth-order valence-electron chi connectivity index (χ4n) is 6.07. The minimum absolute atomic E-state index is 0.106. The van der Waals surface area contributed by atoms with Crippen molar-refractivity contribution in [2.45, 2.75) is 200 Å². The summed E-state index contributed by atoms with van der Waals surface area (Å²) >= 11 is 0. The van der Waals surface area contributed by atoms with Gasteiger partial charge in [-0.1, -0.05) is 201 Å². The third-order valence-electron chi connectivity index (χ3n) is 9.62. The molecule has 6 nitrogen and oxygen atoms in total. The topological polar surface area (TPSA) is 78.9 Å². The van der Waals surface area contributed by atoms with Gasteiger partial charge in [-0.25, -0.2) is 0 Å². The van der Waals surface area contributed by atoms with Gasteiger partial charge in [-0.3, -0.25) is 14.4 Å². The van der Waals surface area contributed by atoms with Gasteiger partial charge in [0.1, 0.15) is 13.2 Å². The highest BCUT2D eigenvalue weighted by molar-refractivity contribution is 5.71. The van der Waals surface area contributed by atoms with Gasteiger partial charge in [0.15, 0.2) is 6.10 Å². The smallest absolute Gasteiger partial charge is 0.306 e. The monoisotopic (exact) mass is 831 g/mol. The SMILES string of the molecule is CC\C=C/C=C\C=C/C=C\CCCCCC(=O)OC(COC(=O)CCCCC/C=C\C/C=C\C/C=C\C/C=C\C/C=C\CC)COC(=O)CCCCCCCCCCCC. The highest BCUT2D eigenvalue weighted by Crippen LogP contribution is 2.13. The molecule has 1 unspecified atom stereocenters. The van der Waals surface area contributed by atoms with E-state index in [1.165, 1.54) is 44.9 Å². The van der Waals surface area contributed by atoms with Gasteiger partial charge in [0.2, 0.25) is 0 Å². The maximum atomic E-state index is 12.7. The minimum atomic E-state index is -0.810. The lowest BCUT2D eigenvalue weighted by molar-refractivity contribution is -0.167. The molecule has 338 valence electrons. The lowest BCUT2D eigenvalue weighted by atomic mass is 10.1. The van der Waals surface area contributed by atoms with Crippen molar-refractivity contribution in [1.29, 1.82) is 0 Å². The molecular weight excluding hydrogens is 745 g/mol. The Hall–Kier alpha value is -3.93. The van der Waals surface area contributed by atoms with Crippen LogP contribution < -0.4 is 0 Å². The van der Waals surface area contributed by atoms with Gasteiger partial charge in [0.05, 0.1) is 0 Å². The number of allylic oxidation sites excluding steroid dienone is 18.